The van der Waals surface area contributed by atoms with Crippen LogP contribution in [0.5, 0.6) is 5.75 Å². The average Bonchev–Trinajstić information content (AvgIpc) is 2.95. The lowest BCUT2D eigenvalue weighted by Crippen LogP contribution is -2.04. The maximum atomic E-state index is 14.0. The highest BCUT2D eigenvalue weighted by molar-refractivity contribution is 5.74. The number of rotatable bonds is 3. The van der Waals surface area contributed by atoms with Gasteiger partial charge in [0.05, 0.1) is 5.69 Å². The molecule has 0 radical (unpaired) electrons. The number of aromatic nitrogens is 3. The molecule has 4 nitrogen and oxygen atoms in total. The van der Waals surface area contributed by atoms with E-state index in [2.05, 4.69) is 9.97 Å². The molecule has 4 rings (SSSR count). The van der Waals surface area contributed by atoms with Gasteiger partial charge in [0.25, 0.3) is 0 Å². The first-order chi connectivity index (χ1) is 11.7. The Balaban J connectivity index is 1.94. The van der Waals surface area contributed by atoms with Crippen LogP contribution in [0.4, 0.5) is 4.39 Å². The van der Waals surface area contributed by atoms with Crippen LogP contribution in [0.3, 0.4) is 0 Å². The third-order valence-corrected chi connectivity index (χ3v) is 3.91. The highest BCUT2D eigenvalue weighted by Gasteiger charge is 2.17. The van der Waals surface area contributed by atoms with E-state index in [1.807, 2.05) is 12.1 Å². The summed E-state index contributed by atoms with van der Waals surface area (Å²) in [4.78, 5) is 8.97. The molecule has 0 bridgehead atoms. The van der Waals surface area contributed by atoms with Crippen molar-refractivity contribution in [2.45, 2.75) is 6.42 Å². The predicted molar refractivity (Wildman–Crippen MR) is 89.7 cm³/mol. The Morgan fingerprint density at radius 3 is 2.58 bits per heavy atom. The molecule has 0 aliphatic carbocycles. The molecule has 0 spiro atoms. The van der Waals surface area contributed by atoms with Gasteiger partial charge in [-0.25, -0.2) is 14.4 Å². The molecule has 2 aromatic carbocycles. The van der Waals surface area contributed by atoms with Gasteiger partial charge in [-0.3, -0.25) is 4.57 Å². The van der Waals surface area contributed by atoms with Crippen LogP contribution in [0.2, 0.25) is 0 Å². The van der Waals surface area contributed by atoms with Gasteiger partial charge in [-0.2, -0.15) is 0 Å². The molecule has 0 amide bonds. The number of halogens is 1. The van der Waals surface area contributed by atoms with Crippen molar-refractivity contribution >= 4 is 11.2 Å². The molecule has 2 heterocycles. The molecule has 0 atom stereocenters. The van der Waals surface area contributed by atoms with E-state index < -0.39 is 0 Å². The zero-order chi connectivity index (χ0) is 16.5. The molecule has 118 valence electrons. The SMILES string of the molecule is Oc1ccccc1-n1c(Cc2ccccc2F)nc2cccnc21. The van der Waals surface area contributed by atoms with Crippen molar-refractivity contribution in [2.24, 2.45) is 0 Å². The van der Waals surface area contributed by atoms with Gasteiger partial charge in [-0.05, 0) is 35.9 Å². The number of benzene rings is 2. The molecule has 0 unspecified atom stereocenters. The van der Waals surface area contributed by atoms with Gasteiger partial charge in [-0.15, -0.1) is 0 Å². The minimum Gasteiger partial charge on any atom is -0.506 e. The minimum absolute atomic E-state index is 0.122. The second-order valence-electron chi connectivity index (χ2n) is 5.47. The second-order valence-corrected chi connectivity index (χ2v) is 5.47. The predicted octanol–water partition coefficient (Wildman–Crippen LogP) is 3.86. The first-order valence-corrected chi connectivity index (χ1v) is 7.58. The van der Waals surface area contributed by atoms with Crippen molar-refractivity contribution in [2.75, 3.05) is 0 Å². The van der Waals surface area contributed by atoms with E-state index in [0.717, 1.165) is 0 Å². The van der Waals surface area contributed by atoms with Gasteiger partial charge in [0, 0.05) is 12.6 Å². The van der Waals surface area contributed by atoms with Crippen LogP contribution < -0.4 is 0 Å². The number of pyridine rings is 1. The monoisotopic (exact) mass is 319 g/mol. The van der Waals surface area contributed by atoms with Gasteiger partial charge in [-0.1, -0.05) is 30.3 Å². The van der Waals surface area contributed by atoms with Gasteiger partial charge < -0.3 is 5.11 Å². The first kappa shape index (κ1) is 14.4. The third-order valence-electron chi connectivity index (χ3n) is 3.91. The Morgan fingerprint density at radius 1 is 0.958 bits per heavy atom. The molecule has 24 heavy (non-hydrogen) atoms. The Hall–Kier alpha value is -3.21. The maximum Gasteiger partial charge on any atom is 0.164 e. The smallest absolute Gasteiger partial charge is 0.164 e. The van der Waals surface area contributed by atoms with Crippen molar-refractivity contribution in [3.05, 3.63) is 84.1 Å². The molecule has 0 fully saturated rings. The number of nitrogens with zero attached hydrogens (tertiary/aromatic N) is 3. The van der Waals surface area contributed by atoms with E-state index in [1.54, 1.807) is 53.2 Å². The van der Waals surface area contributed by atoms with Crippen LogP contribution in [-0.2, 0) is 6.42 Å². The molecule has 2 aromatic heterocycles. The average molecular weight is 319 g/mol. The van der Waals surface area contributed by atoms with E-state index in [4.69, 9.17) is 0 Å². The van der Waals surface area contributed by atoms with E-state index in [1.165, 1.54) is 6.07 Å². The Labute approximate surface area is 137 Å². The molecule has 0 aliphatic rings. The molecule has 5 heteroatoms. The third kappa shape index (κ3) is 2.40. The van der Waals surface area contributed by atoms with Crippen molar-refractivity contribution in [3.63, 3.8) is 0 Å². The molecule has 0 aliphatic heterocycles. The van der Waals surface area contributed by atoms with E-state index in [9.17, 15) is 9.50 Å². The fraction of sp³-hybridized carbons (Fsp3) is 0.0526. The Morgan fingerprint density at radius 2 is 1.75 bits per heavy atom. The van der Waals surface area contributed by atoms with E-state index >= 15 is 0 Å². The summed E-state index contributed by atoms with van der Waals surface area (Å²) < 4.78 is 15.8. The van der Waals surface area contributed by atoms with Gasteiger partial charge in [0.2, 0.25) is 0 Å². The fourth-order valence-electron chi connectivity index (χ4n) is 2.80. The topological polar surface area (TPSA) is 50.9 Å². The van der Waals surface area contributed by atoms with Gasteiger partial charge >= 0.3 is 0 Å². The maximum absolute atomic E-state index is 14.0. The zero-order valence-corrected chi connectivity index (χ0v) is 12.7. The highest BCUT2D eigenvalue weighted by atomic mass is 19.1. The molecule has 4 aromatic rings. The lowest BCUT2D eigenvalue weighted by molar-refractivity contribution is 0.472. The van der Waals surface area contributed by atoms with Gasteiger partial charge in [0.1, 0.15) is 22.9 Å². The highest BCUT2D eigenvalue weighted by Crippen LogP contribution is 2.27. The number of hydrogen-bond acceptors (Lipinski definition) is 3. The number of imidazole rings is 1. The lowest BCUT2D eigenvalue weighted by atomic mass is 10.1. The molecular weight excluding hydrogens is 305 g/mol. The minimum atomic E-state index is -0.277. The van der Waals surface area contributed by atoms with Crippen molar-refractivity contribution < 1.29 is 9.50 Å². The van der Waals surface area contributed by atoms with Crippen molar-refractivity contribution in [3.8, 4) is 11.4 Å². The Bertz CT molecular complexity index is 1030. The van der Waals surface area contributed by atoms with Crippen LogP contribution in [-0.4, -0.2) is 19.6 Å². The molecule has 0 saturated carbocycles. The summed E-state index contributed by atoms with van der Waals surface area (Å²) >= 11 is 0. The second kappa shape index (κ2) is 5.77. The van der Waals surface area contributed by atoms with Crippen LogP contribution in [0.1, 0.15) is 11.4 Å². The quantitative estimate of drug-likeness (QED) is 0.624. The summed E-state index contributed by atoms with van der Waals surface area (Å²) in [6.07, 6.45) is 1.98. The van der Waals surface area contributed by atoms with E-state index in [-0.39, 0.29) is 11.6 Å². The molecular formula is C19H14FN3O. The van der Waals surface area contributed by atoms with Crippen LogP contribution in [0.25, 0.3) is 16.9 Å². The van der Waals surface area contributed by atoms with Crippen molar-refractivity contribution in [1.29, 1.82) is 0 Å². The first-order valence-electron chi connectivity index (χ1n) is 7.58. The largest absolute Gasteiger partial charge is 0.506 e. The number of hydrogen-bond donors (Lipinski definition) is 1. The summed E-state index contributed by atoms with van der Waals surface area (Å²) in [6.45, 7) is 0. The number of phenolic OH excluding ortho intramolecular Hbond substituents is 1. The summed E-state index contributed by atoms with van der Waals surface area (Å²) in [7, 11) is 0. The summed E-state index contributed by atoms with van der Waals surface area (Å²) in [5.74, 6) is 0.467. The number of para-hydroxylation sites is 2. The summed E-state index contributed by atoms with van der Waals surface area (Å²) in [5.41, 5.74) is 2.45. The number of fused-ring (bicyclic) bond motifs is 1. The van der Waals surface area contributed by atoms with Gasteiger partial charge in [0.15, 0.2) is 5.65 Å². The lowest BCUT2D eigenvalue weighted by Gasteiger charge is -2.10. The van der Waals surface area contributed by atoms with E-state index in [0.29, 0.717) is 34.7 Å². The van der Waals surface area contributed by atoms with Crippen LogP contribution in [0.15, 0.2) is 66.9 Å². The summed E-state index contributed by atoms with van der Waals surface area (Å²) in [6, 6.07) is 17.3. The van der Waals surface area contributed by atoms with Crippen molar-refractivity contribution in [1.82, 2.24) is 14.5 Å². The standard InChI is InChI=1S/C19H14FN3O/c20-14-7-2-1-6-13(14)12-18-22-15-8-5-11-21-19(15)23(18)16-9-3-4-10-17(16)24/h1-11,24H,12H2. The number of phenols is 1. The normalized spacial score (nSPS) is 11.0. The van der Waals surface area contributed by atoms with Crippen LogP contribution in [0, 0.1) is 5.82 Å². The molecule has 1 N–H and O–H groups in total. The van der Waals surface area contributed by atoms with Crippen LogP contribution >= 0.6 is 0 Å². The zero-order valence-electron chi connectivity index (χ0n) is 12.7. The fourth-order valence-corrected chi connectivity index (χ4v) is 2.80. The molecule has 0 saturated heterocycles. The summed E-state index contributed by atoms with van der Waals surface area (Å²) in [5, 5.41) is 10.2. The number of aromatic hydroxyl groups is 1. The Kier molecular flexibility index (Phi) is 3.46.